The lowest BCUT2D eigenvalue weighted by atomic mass is 10.0. The topological polar surface area (TPSA) is 49.8 Å². The van der Waals surface area contributed by atoms with Crippen molar-refractivity contribution in [1.29, 1.82) is 0 Å². The largest absolute Gasteiger partial charge is 0.478 e. The Morgan fingerprint density at radius 3 is 2.68 bits per heavy atom. The van der Waals surface area contributed by atoms with E-state index in [0.717, 1.165) is 24.3 Å². The van der Waals surface area contributed by atoms with Crippen molar-refractivity contribution in [2.45, 2.75) is 39.4 Å². The normalized spacial score (nSPS) is 22.3. The number of hydrogen-bond acceptors (Lipinski definition) is 3. The minimum atomic E-state index is -0.875. The fourth-order valence-corrected chi connectivity index (χ4v) is 2.73. The van der Waals surface area contributed by atoms with Gasteiger partial charge in [-0.15, -0.1) is 0 Å². The molecule has 1 aliphatic heterocycles. The maximum atomic E-state index is 11.0. The van der Waals surface area contributed by atoms with Gasteiger partial charge in [-0.1, -0.05) is 0 Å². The maximum Gasteiger partial charge on any atom is 0.335 e. The molecule has 19 heavy (non-hydrogen) atoms. The molecular formula is C15H21NO3. The molecule has 0 amide bonds. The van der Waals surface area contributed by atoms with Gasteiger partial charge < -0.3 is 14.7 Å². The van der Waals surface area contributed by atoms with E-state index in [1.165, 1.54) is 0 Å². The molecule has 104 valence electrons. The summed E-state index contributed by atoms with van der Waals surface area (Å²) < 4.78 is 5.88. The second kappa shape index (κ2) is 4.85. The average Bonchev–Trinajstić information content (AvgIpc) is 2.25. The Morgan fingerprint density at radius 2 is 2.16 bits per heavy atom. The van der Waals surface area contributed by atoms with Gasteiger partial charge in [-0.25, -0.2) is 4.79 Å². The molecule has 1 unspecified atom stereocenters. The molecule has 4 heteroatoms. The summed E-state index contributed by atoms with van der Waals surface area (Å²) in [5.41, 5.74) is 2.04. The summed E-state index contributed by atoms with van der Waals surface area (Å²) >= 11 is 0. The summed E-state index contributed by atoms with van der Waals surface area (Å²) in [4.78, 5) is 13.3. The lowest BCUT2D eigenvalue weighted by molar-refractivity contribution is -0.0749. The molecule has 1 aliphatic rings. The SMILES string of the molecule is Cc1cc(N2CC(C)OC(C)(C)C2)ccc1C(=O)O. The number of rotatable bonds is 2. The highest BCUT2D eigenvalue weighted by Crippen LogP contribution is 2.27. The molecule has 1 aromatic rings. The van der Waals surface area contributed by atoms with Gasteiger partial charge in [0.2, 0.25) is 0 Å². The molecule has 1 heterocycles. The van der Waals surface area contributed by atoms with E-state index in [-0.39, 0.29) is 11.7 Å². The zero-order valence-corrected chi connectivity index (χ0v) is 11.9. The Balaban J connectivity index is 2.27. The lowest BCUT2D eigenvalue weighted by Crippen LogP contribution is -2.52. The van der Waals surface area contributed by atoms with E-state index in [0.29, 0.717) is 5.56 Å². The van der Waals surface area contributed by atoms with Gasteiger partial charge in [-0.05, 0) is 51.5 Å². The first-order chi connectivity index (χ1) is 8.78. The van der Waals surface area contributed by atoms with Crippen LogP contribution in [-0.2, 0) is 4.74 Å². The first kappa shape index (κ1) is 13.9. The highest BCUT2D eigenvalue weighted by molar-refractivity contribution is 5.89. The van der Waals surface area contributed by atoms with Gasteiger partial charge in [0.15, 0.2) is 0 Å². The van der Waals surface area contributed by atoms with Crippen molar-refractivity contribution in [3.05, 3.63) is 29.3 Å². The summed E-state index contributed by atoms with van der Waals surface area (Å²) in [6.45, 7) is 9.69. The predicted molar refractivity (Wildman–Crippen MR) is 75.0 cm³/mol. The standard InChI is InChI=1S/C15H21NO3/c1-10-7-12(5-6-13(10)14(17)18)16-8-11(2)19-15(3,4)9-16/h5-7,11H,8-9H2,1-4H3,(H,17,18). The van der Waals surface area contributed by atoms with Crippen molar-refractivity contribution < 1.29 is 14.6 Å². The predicted octanol–water partition coefficient (Wildman–Crippen LogP) is 2.70. The summed E-state index contributed by atoms with van der Waals surface area (Å²) in [7, 11) is 0. The number of benzene rings is 1. The Hall–Kier alpha value is -1.55. The van der Waals surface area contributed by atoms with Crippen LogP contribution < -0.4 is 4.90 Å². The average molecular weight is 263 g/mol. The molecule has 1 saturated heterocycles. The summed E-state index contributed by atoms with van der Waals surface area (Å²) in [6, 6.07) is 5.50. The summed E-state index contributed by atoms with van der Waals surface area (Å²) in [5.74, 6) is -0.875. The molecule has 2 rings (SSSR count). The molecule has 1 fully saturated rings. The lowest BCUT2D eigenvalue weighted by Gasteiger charge is -2.43. The smallest absolute Gasteiger partial charge is 0.335 e. The van der Waals surface area contributed by atoms with E-state index in [1.54, 1.807) is 6.07 Å². The van der Waals surface area contributed by atoms with E-state index >= 15 is 0 Å². The minimum Gasteiger partial charge on any atom is -0.478 e. The van der Waals surface area contributed by atoms with Crippen LogP contribution >= 0.6 is 0 Å². The van der Waals surface area contributed by atoms with Crippen molar-refractivity contribution >= 4 is 11.7 Å². The van der Waals surface area contributed by atoms with Gasteiger partial charge in [0.05, 0.1) is 17.3 Å². The first-order valence-electron chi connectivity index (χ1n) is 6.55. The molecule has 1 atom stereocenters. The van der Waals surface area contributed by atoms with Crippen LogP contribution in [0.3, 0.4) is 0 Å². The number of aryl methyl sites for hydroxylation is 1. The van der Waals surface area contributed by atoms with E-state index in [4.69, 9.17) is 9.84 Å². The number of aromatic carboxylic acids is 1. The molecule has 1 N–H and O–H groups in total. The third-order valence-electron chi connectivity index (χ3n) is 3.37. The zero-order chi connectivity index (χ0) is 14.2. The van der Waals surface area contributed by atoms with Gasteiger partial charge >= 0.3 is 5.97 Å². The van der Waals surface area contributed by atoms with Gasteiger partial charge in [-0.3, -0.25) is 0 Å². The molecular weight excluding hydrogens is 242 g/mol. The Labute approximate surface area is 114 Å². The highest BCUT2D eigenvalue weighted by atomic mass is 16.5. The monoisotopic (exact) mass is 263 g/mol. The van der Waals surface area contributed by atoms with E-state index in [9.17, 15) is 4.79 Å². The van der Waals surface area contributed by atoms with Gasteiger partial charge in [-0.2, -0.15) is 0 Å². The minimum absolute atomic E-state index is 0.170. The first-order valence-corrected chi connectivity index (χ1v) is 6.55. The summed E-state index contributed by atoms with van der Waals surface area (Å²) in [6.07, 6.45) is 0.170. The van der Waals surface area contributed by atoms with Crippen LogP contribution in [0.25, 0.3) is 0 Å². The second-order valence-corrected chi connectivity index (χ2v) is 5.87. The van der Waals surface area contributed by atoms with E-state index in [1.807, 2.05) is 19.1 Å². The van der Waals surface area contributed by atoms with Crippen molar-refractivity contribution in [2.24, 2.45) is 0 Å². The number of morpholine rings is 1. The van der Waals surface area contributed by atoms with Crippen molar-refractivity contribution in [2.75, 3.05) is 18.0 Å². The number of carboxylic acid groups (broad SMARTS) is 1. The number of carboxylic acids is 1. The molecule has 0 saturated carbocycles. The molecule has 1 aromatic carbocycles. The zero-order valence-electron chi connectivity index (χ0n) is 11.9. The van der Waals surface area contributed by atoms with Gasteiger partial charge in [0.25, 0.3) is 0 Å². The van der Waals surface area contributed by atoms with Crippen LogP contribution in [0.15, 0.2) is 18.2 Å². The van der Waals surface area contributed by atoms with Crippen molar-refractivity contribution in [1.82, 2.24) is 0 Å². The van der Waals surface area contributed by atoms with Crippen molar-refractivity contribution in [3.8, 4) is 0 Å². The van der Waals surface area contributed by atoms with Crippen LogP contribution in [0.4, 0.5) is 5.69 Å². The molecule has 0 radical (unpaired) electrons. The Morgan fingerprint density at radius 1 is 1.47 bits per heavy atom. The molecule has 0 spiro atoms. The number of hydrogen-bond donors (Lipinski definition) is 1. The molecule has 0 aliphatic carbocycles. The Kier molecular flexibility index (Phi) is 3.54. The molecule has 0 aromatic heterocycles. The van der Waals surface area contributed by atoms with Crippen LogP contribution in [-0.4, -0.2) is 35.9 Å². The third kappa shape index (κ3) is 3.07. The van der Waals surface area contributed by atoms with Crippen LogP contribution in [0.5, 0.6) is 0 Å². The number of ether oxygens (including phenoxy) is 1. The van der Waals surface area contributed by atoms with Crippen molar-refractivity contribution in [3.63, 3.8) is 0 Å². The van der Waals surface area contributed by atoms with Crippen LogP contribution in [0.1, 0.15) is 36.7 Å². The highest BCUT2D eigenvalue weighted by Gasteiger charge is 2.31. The van der Waals surface area contributed by atoms with Crippen LogP contribution in [0.2, 0.25) is 0 Å². The van der Waals surface area contributed by atoms with Crippen LogP contribution in [0, 0.1) is 6.92 Å². The van der Waals surface area contributed by atoms with Gasteiger partial charge in [0.1, 0.15) is 0 Å². The fraction of sp³-hybridized carbons (Fsp3) is 0.533. The molecule has 4 nitrogen and oxygen atoms in total. The Bertz CT molecular complexity index is 496. The number of carbonyl (C=O) groups is 1. The summed E-state index contributed by atoms with van der Waals surface area (Å²) in [5, 5.41) is 9.06. The molecule has 0 bridgehead atoms. The number of anilines is 1. The van der Waals surface area contributed by atoms with E-state index in [2.05, 4.69) is 25.7 Å². The van der Waals surface area contributed by atoms with E-state index < -0.39 is 5.97 Å². The quantitative estimate of drug-likeness (QED) is 0.891. The second-order valence-electron chi connectivity index (χ2n) is 5.87. The maximum absolute atomic E-state index is 11.0. The number of nitrogens with zero attached hydrogens (tertiary/aromatic N) is 1. The fourth-order valence-electron chi connectivity index (χ4n) is 2.73. The third-order valence-corrected chi connectivity index (χ3v) is 3.37. The van der Waals surface area contributed by atoms with Gasteiger partial charge in [0, 0.05) is 18.8 Å².